The largest absolute Gasteiger partial charge is 0.310 e. The van der Waals surface area contributed by atoms with E-state index in [2.05, 4.69) is 155 Å². The summed E-state index contributed by atoms with van der Waals surface area (Å²) >= 11 is 0. The number of aromatic nitrogens is 1. The number of anilines is 3. The van der Waals surface area contributed by atoms with E-state index in [1.165, 1.54) is 66.8 Å². The minimum atomic E-state index is 0.933. The third-order valence-electron chi connectivity index (χ3n) is 7.99. The predicted molar refractivity (Wildman–Crippen MR) is 164 cm³/mol. The fraction of sp³-hybridized carbons (Fsp3) is 0.0270. The highest BCUT2D eigenvalue weighted by atomic mass is 15.2. The fourth-order valence-corrected chi connectivity index (χ4v) is 6.20. The van der Waals surface area contributed by atoms with E-state index in [0.717, 1.165) is 6.42 Å². The van der Waals surface area contributed by atoms with Gasteiger partial charge in [-0.25, -0.2) is 0 Å². The molecule has 0 aliphatic carbocycles. The van der Waals surface area contributed by atoms with Gasteiger partial charge in [-0.15, -0.1) is 0 Å². The second-order valence-corrected chi connectivity index (χ2v) is 10.2. The first-order valence-corrected chi connectivity index (χ1v) is 13.5. The normalized spacial score (nSPS) is 12.5. The first kappa shape index (κ1) is 22.0. The summed E-state index contributed by atoms with van der Waals surface area (Å²) in [6, 6.07) is 52.7. The van der Waals surface area contributed by atoms with Crippen molar-refractivity contribution >= 4 is 38.9 Å². The zero-order valence-corrected chi connectivity index (χ0v) is 21.5. The fourth-order valence-electron chi connectivity index (χ4n) is 6.20. The van der Waals surface area contributed by atoms with Crippen LogP contribution < -0.4 is 4.90 Å². The molecule has 0 amide bonds. The van der Waals surface area contributed by atoms with E-state index in [9.17, 15) is 0 Å². The van der Waals surface area contributed by atoms with Gasteiger partial charge in [-0.2, -0.15) is 0 Å². The second-order valence-electron chi connectivity index (χ2n) is 10.2. The molecule has 1 aliphatic heterocycles. The van der Waals surface area contributed by atoms with Crippen LogP contribution in [0.5, 0.6) is 0 Å². The Kier molecular flexibility index (Phi) is 4.92. The predicted octanol–water partition coefficient (Wildman–Crippen LogP) is 9.82. The smallest absolute Gasteiger partial charge is 0.0541 e. The zero-order valence-electron chi connectivity index (χ0n) is 21.5. The van der Waals surface area contributed by atoms with Crippen molar-refractivity contribution in [2.24, 2.45) is 0 Å². The zero-order chi connectivity index (χ0) is 25.8. The molecule has 39 heavy (non-hydrogen) atoms. The Hall–Kier alpha value is -5.08. The maximum atomic E-state index is 2.39. The molecular formula is C37H26N2. The molecule has 2 heteroatoms. The summed E-state index contributed by atoms with van der Waals surface area (Å²) in [5.41, 5.74) is 12.5. The molecule has 184 valence electrons. The van der Waals surface area contributed by atoms with Crippen LogP contribution in [0.2, 0.25) is 0 Å². The highest BCUT2D eigenvalue weighted by Crippen LogP contribution is 2.44. The summed E-state index contributed by atoms with van der Waals surface area (Å²) in [6.07, 6.45) is 0.933. The van der Waals surface area contributed by atoms with Gasteiger partial charge in [0.05, 0.1) is 11.0 Å². The first-order chi connectivity index (χ1) is 19.3. The number of hydrogen-bond acceptors (Lipinski definition) is 1. The Labute approximate surface area is 228 Å². The monoisotopic (exact) mass is 498 g/mol. The molecule has 7 aromatic rings. The topological polar surface area (TPSA) is 8.17 Å². The van der Waals surface area contributed by atoms with Crippen molar-refractivity contribution < 1.29 is 0 Å². The molecule has 0 bridgehead atoms. The van der Waals surface area contributed by atoms with Crippen LogP contribution in [0, 0.1) is 0 Å². The van der Waals surface area contributed by atoms with Crippen molar-refractivity contribution in [1.82, 2.24) is 4.57 Å². The third-order valence-corrected chi connectivity index (χ3v) is 7.99. The summed E-state index contributed by atoms with van der Waals surface area (Å²) in [5, 5.41) is 2.57. The van der Waals surface area contributed by atoms with Crippen LogP contribution in [0.1, 0.15) is 11.1 Å². The SMILES string of the molecule is c1ccc(N2c3ccccc3Cc3cc(-c4ccc(-n5c6ccccc6c6ccccc65)cc4)ccc32)cc1. The van der Waals surface area contributed by atoms with Gasteiger partial charge in [0.15, 0.2) is 0 Å². The average molecular weight is 499 g/mol. The lowest BCUT2D eigenvalue weighted by Crippen LogP contribution is -2.18. The molecule has 0 N–H and O–H groups in total. The van der Waals surface area contributed by atoms with Crippen molar-refractivity contribution in [2.45, 2.75) is 6.42 Å². The van der Waals surface area contributed by atoms with E-state index in [0.29, 0.717) is 0 Å². The van der Waals surface area contributed by atoms with Gasteiger partial charge in [0.1, 0.15) is 0 Å². The molecule has 6 aromatic carbocycles. The molecule has 0 atom stereocenters. The summed E-state index contributed by atoms with van der Waals surface area (Å²) in [6.45, 7) is 0. The maximum absolute atomic E-state index is 2.39. The van der Waals surface area contributed by atoms with Crippen LogP contribution in [-0.4, -0.2) is 4.57 Å². The summed E-state index contributed by atoms with van der Waals surface area (Å²) in [5.74, 6) is 0. The van der Waals surface area contributed by atoms with Gasteiger partial charge in [-0.3, -0.25) is 0 Å². The molecular weight excluding hydrogens is 472 g/mol. The molecule has 0 saturated carbocycles. The van der Waals surface area contributed by atoms with Gasteiger partial charge in [0.25, 0.3) is 0 Å². The summed E-state index contributed by atoms with van der Waals surface area (Å²) in [4.78, 5) is 2.39. The van der Waals surface area contributed by atoms with E-state index in [1.54, 1.807) is 0 Å². The molecule has 2 heterocycles. The van der Waals surface area contributed by atoms with E-state index < -0.39 is 0 Å². The molecule has 0 unspecified atom stereocenters. The summed E-state index contributed by atoms with van der Waals surface area (Å²) < 4.78 is 2.37. The van der Waals surface area contributed by atoms with E-state index in [1.807, 2.05) is 0 Å². The molecule has 0 saturated heterocycles. The van der Waals surface area contributed by atoms with Crippen molar-refractivity contribution in [3.8, 4) is 16.8 Å². The molecule has 0 spiro atoms. The average Bonchev–Trinajstić information content (AvgIpc) is 3.34. The van der Waals surface area contributed by atoms with Crippen LogP contribution in [-0.2, 0) is 6.42 Å². The number of rotatable bonds is 3. The lowest BCUT2D eigenvalue weighted by atomic mass is 9.92. The highest BCUT2D eigenvalue weighted by molar-refractivity contribution is 6.09. The van der Waals surface area contributed by atoms with Crippen molar-refractivity contribution in [3.05, 3.63) is 157 Å². The molecule has 8 rings (SSSR count). The quantitative estimate of drug-likeness (QED) is 0.235. The van der Waals surface area contributed by atoms with E-state index >= 15 is 0 Å². The lowest BCUT2D eigenvalue weighted by molar-refractivity contribution is 1.09. The number of benzene rings is 6. The second kappa shape index (κ2) is 8.75. The third kappa shape index (κ3) is 3.49. The standard InChI is InChI=1S/C37H26N2/c1-2-11-30(12-3-1)38-34-15-7-4-10-28(34)25-29-24-27(20-23-35(29)38)26-18-21-31(22-19-26)39-36-16-8-5-13-32(36)33-14-6-9-17-37(33)39/h1-24H,25H2. The molecule has 2 nitrogen and oxygen atoms in total. The lowest BCUT2D eigenvalue weighted by Gasteiger charge is -2.33. The Morgan fingerprint density at radius 2 is 1.00 bits per heavy atom. The van der Waals surface area contributed by atoms with Crippen LogP contribution in [0.3, 0.4) is 0 Å². The number of nitrogens with zero attached hydrogens (tertiary/aromatic N) is 2. The van der Waals surface area contributed by atoms with Crippen LogP contribution >= 0.6 is 0 Å². The molecule has 1 aromatic heterocycles. The number of fused-ring (bicyclic) bond motifs is 5. The minimum absolute atomic E-state index is 0.933. The van der Waals surface area contributed by atoms with Crippen molar-refractivity contribution in [1.29, 1.82) is 0 Å². The number of para-hydroxylation sites is 4. The summed E-state index contributed by atoms with van der Waals surface area (Å²) in [7, 11) is 0. The van der Waals surface area contributed by atoms with Crippen LogP contribution in [0.15, 0.2) is 146 Å². The molecule has 1 aliphatic rings. The van der Waals surface area contributed by atoms with Gasteiger partial charge in [-0.1, -0.05) is 91.0 Å². The minimum Gasteiger partial charge on any atom is -0.310 e. The highest BCUT2D eigenvalue weighted by Gasteiger charge is 2.24. The van der Waals surface area contributed by atoms with E-state index in [4.69, 9.17) is 0 Å². The van der Waals surface area contributed by atoms with Gasteiger partial charge in [0.2, 0.25) is 0 Å². The van der Waals surface area contributed by atoms with Crippen molar-refractivity contribution in [3.63, 3.8) is 0 Å². The van der Waals surface area contributed by atoms with Gasteiger partial charge in [0, 0.05) is 39.9 Å². The Morgan fingerprint density at radius 3 is 1.74 bits per heavy atom. The van der Waals surface area contributed by atoms with E-state index in [-0.39, 0.29) is 0 Å². The van der Waals surface area contributed by atoms with Crippen LogP contribution in [0.25, 0.3) is 38.6 Å². The Bertz CT molecular complexity index is 1930. The van der Waals surface area contributed by atoms with Gasteiger partial charge < -0.3 is 9.47 Å². The van der Waals surface area contributed by atoms with Crippen LogP contribution in [0.4, 0.5) is 17.1 Å². The van der Waals surface area contributed by atoms with Crippen molar-refractivity contribution in [2.75, 3.05) is 4.90 Å². The Morgan fingerprint density at radius 1 is 0.410 bits per heavy atom. The van der Waals surface area contributed by atoms with Gasteiger partial charge in [-0.05, 0) is 76.9 Å². The number of hydrogen-bond donors (Lipinski definition) is 0. The maximum Gasteiger partial charge on any atom is 0.0541 e. The molecule has 0 fully saturated rings. The van der Waals surface area contributed by atoms with Gasteiger partial charge >= 0.3 is 0 Å². The first-order valence-electron chi connectivity index (χ1n) is 13.5. The molecule has 0 radical (unpaired) electrons. The Balaban J connectivity index is 1.21.